The summed E-state index contributed by atoms with van der Waals surface area (Å²) in [5.41, 5.74) is 10.8. The number of hydrogen-bond donors (Lipinski definition) is 1. The van der Waals surface area contributed by atoms with Crippen LogP contribution in [0.25, 0.3) is 11.1 Å². The van der Waals surface area contributed by atoms with Crippen LogP contribution in [0.5, 0.6) is 0 Å². The fourth-order valence-electron chi connectivity index (χ4n) is 4.17. The summed E-state index contributed by atoms with van der Waals surface area (Å²) in [6.07, 6.45) is 11.6. The van der Waals surface area contributed by atoms with Crippen molar-refractivity contribution in [2.45, 2.75) is 85.1 Å². The Morgan fingerprint density at radius 3 is 2.00 bits per heavy atom. The Balaban J connectivity index is 2.04. The van der Waals surface area contributed by atoms with E-state index >= 15 is 0 Å². The fourth-order valence-corrected chi connectivity index (χ4v) is 4.17. The molecule has 1 aromatic carbocycles. The maximum Gasteiger partial charge on any atom is 0.251 e. The van der Waals surface area contributed by atoms with Crippen LogP contribution in [-0.4, -0.2) is 10.5 Å². The minimum atomic E-state index is -0.393. The molecule has 0 aliphatic rings. The van der Waals surface area contributed by atoms with Crippen molar-refractivity contribution in [1.29, 1.82) is 5.26 Å². The van der Waals surface area contributed by atoms with Gasteiger partial charge in [-0.25, -0.2) is 0 Å². The summed E-state index contributed by atoms with van der Waals surface area (Å²) in [7, 11) is 0. The summed E-state index contributed by atoms with van der Waals surface area (Å²) in [6.45, 7) is 7.19. The topological polar surface area (TPSA) is 71.8 Å². The van der Waals surface area contributed by atoms with E-state index in [9.17, 15) is 4.79 Å². The lowest BCUT2D eigenvalue weighted by atomic mass is 9.99. The number of amides is 1. The summed E-state index contributed by atoms with van der Waals surface area (Å²) in [6, 6.07) is 9.50. The summed E-state index contributed by atoms with van der Waals surface area (Å²) >= 11 is 0. The van der Waals surface area contributed by atoms with Gasteiger partial charge in [0, 0.05) is 23.5 Å². The third-order valence-electron chi connectivity index (χ3n) is 5.82. The maximum atomic E-state index is 12.2. The molecule has 1 aromatic heterocycles. The van der Waals surface area contributed by atoms with Crippen molar-refractivity contribution in [1.82, 2.24) is 4.57 Å². The van der Waals surface area contributed by atoms with Crippen LogP contribution in [0.2, 0.25) is 0 Å². The standard InChI is InChI=1S/C25H35N3O/c1-4-5-6-7-8-9-10-11-12-17-28-19(2)23(24(20(28)3)25(27)29)22-15-13-21(18-26)14-16-22/h13-16H,4-12,17H2,1-3H3,(H2,27,29). The molecule has 2 rings (SSSR count). The van der Waals surface area contributed by atoms with E-state index in [0.29, 0.717) is 11.1 Å². The van der Waals surface area contributed by atoms with Gasteiger partial charge in [-0.3, -0.25) is 4.79 Å². The zero-order chi connectivity index (χ0) is 21.2. The van der Waals surface area contributed by atoms with Gasteiger partial charge in [-0.1, -0.05) is 70.4 Å². The molecule has 2 aromatic rings. The van der Waals surface area contributed by atoms with Gasteiger partial charge in [-0.05, 0) is 38.0 Å². The van der Waals surface area contributed by atoms with Crippen LogP contribution in [0.15, 0.2) is 24.3 Å². The SMILES string of the molecule is CCCCCCCCCCCn1c(C)c(C(N)=O)c(-c2ccc(C#N)cc2)c1C. The lowest BCUT2D eigenvalue weighted by Crippen LogP contribution is -2.13. The smallest absolute Gasteiger partial charge is 0.251 e. The summed E-state index contributed by atoms with van der Waals surface area (Å²) in [5.74, 6) is -0.393. The Bertz CT molecular complexity index is 840. The number of nitriles is 1. The van der Waals surface area contributed by atoms with Crippen molar-refractivity contribution in [3.05, 3.63) is 46.8 Å². The summed E-state index contributed by atoms with van der Waals surface area (Å²) in [5, 5.41) is 9.03. The number of primary amides is 1. The van der Waals surface area contributed by atoms with Gasteiger partial charge in [0.15, 0.2) is 0 Å². The van der Waals surface area contributed by atoms with Crippen molar-refractivity contribution in [2.24, 2.45) is 5.73 Å². The molecule has 0 radical (unpaired) electrons. The molecule has 4 nitrogen and oxygen atoms in total. The normalized spacial score (nSPS) is 10.8. The first-order chi connectivity index (χ1) is 14.0. The second kappa shape index (κ2) is 11.5. The van der Waals surface area contributed by atoms with Crippen molar-refractivity contribution in [3.8, 4) is 17.2 Å². The lowest BCUT2D eigenvalue weighted by molar-refractivity contribution is 0.1000. The third kappa shape index (κ3) is 5.97. The molecule has 29 heavy (non-hydrogen) atoms. The number of carbonyl (C=O) groups excluding carboxylic acids is 1. The van der Waals surface area contributed by atoms with Gasteiger partial charge >= 0.3 is 0 Å². The number of unbranched alkanes of at least 4 members (excludes halogenated alkanes) is 8. The Hall–Kier alpha value is -2.54. The molecule has 0 atom stereocenters. The molecule has 0 saturated carbocycles. The van der Waals surface area contributed by atoms with Crippen molar-refractivity contribution in [3.63, 3.8) is 0 Å². The van der Waals surface area contributed by atoms with Gasteiger partial charge in [0.25, 0.3) is 5.91 Å². The molecule has 0 fully saturated rings. The lowest BCUT2D eigenvalue weighted by Gasteiger charge is -2.10. The van der Waals surface area contributed by atoms with Crippen molar-refractivity contribution < 1.29 is 4.79 Å². The first kappa shape index (κ1) is 22.7. The van der Waals surface area contributed by atoms with E-state index in [1.807, 2.05) is 19.1 Å². The van der Waals surface area contributed by atoms with Gasteiger partial charge in [-0.15, -0.1) is 0 Å². The van der Waals surface area contributed by atoms with Crippen molar-refractivity contribution in [2.75, 3.05) is 0 Å². The second-order valence-electron chi connectivity index (χ2n) is 7.95. The number of benzene rings is 1. The van der Waals surface area contributed by atoms with Crippen LogP contribution in [0.4, 0.5) is 0 Å². The molecule has 0 aliphatic carbocycles. The molecule has 1 amide bonds. The average Bonchev–Trinajstić information content (AvgIpc) is 2.97. The second-order valence-corrected chi connectivity index (χ2v) is 7.95. The van der Waals surface area contributed by atoms with Gasteiger partial charge in [0.05, 0.1) is 17.2 Å². The molecular weight excluding hydrogens is 358 g/mol. The van der Waals surface area contributed by atoms with Gasteiger partial charge in [0.1, 0.15) is 0 Å². The molecular formula is C25H35N3O. The van der Waals surface area contributed by atoms with Crippen LogP contribution in [0, 0.1) is 25.2 Å². The van der Waals surface area contributed by atoms with Crippen LogP contribution in [-0.2, 0) is 6.54 Å². The number of rotatable bonds is 12. The highest BCUT2D eigenvalue weighted by Gasteiger charge is 2.22. The van der Waals surface area contributed by atoms with Gasteiger partial charge < -0.3 is 10.3 Å². The van der Waals surface area contributed by atoms with Crippen LogP contribution in [0.3, 0.4) is 0 Å². The number of nitrogens with zero attached hydrogens (tertiary/aromatic N) is 2. The van der Waals surface area contributed by atoms with E-state index in [2.05, 4.69) is 24.5 Å². The first-order valence-electron chi connectivity index (χ1n) is 11.0. The van der Waals surface area contributed by atoms with Crippen LogP contribution >= 0.6 is 0 Å². The highest BCUT2D eigenvalue weighted by Crippen LogP contribution is 2.32. The van der Waals surface area contributed by atoms with E-state index < -0.39 is 5.91 Å². The first-order valence-corrected chi connectivity index (χ1v) is 11.0. The monoisotopic (exact) mass is 393 g/mol. The molecule has 4 heteroatoms. The Kier molecular flexibility index (Phi) is 8.99. The van der Waals surface area contributed by atoms with E-state index in [4.69, 9.17) is 11.0 Å². The molecule has 1 heterocycles. The molecule has 0 unspecified atom stereocenters. The Morgan fingerprint density at radius 1 is 0.931 bits per heavy atom. The molecule has 156 valence electrons. The Morgan fingerprint density at radius 2 is 1.48 bits per heavy atom. The predicted octanol–water partition coefficient (Wildman–Crippen LogP) is 6.27. The zero-order valence-electron chi connectivity index (χ0n) is 18.3. The molecule has 0 bridgehead atoms. The van der Waals surface area contributed by atoms with Crippen molar-refractivity contribution >= 4 is 5.91 Å². The van der Waals surface area contributed by atoms with E-state index in [1.54, 1.807) is 12.1 Å². The highest BCUT2D eigenvalue weighted by atomic mass is 16.1. The van der Waals surface area contributed by atoms with E-state index in [-0.39, 0.29) is 0 Å². The summed E-state index contributed by atoms with van der Waals surface area (Å²) in [4.78, 5) is 12.2. The number of hydrogen-bond acceptors (Lipinski definition) is 2. The number of carbonyl (C=O) groups is 1. The minimum Gasteiger partial charge on any atom is -0.366 e. The summed E-state index contributed by atoms with van der Waals surface area (Å²) < 4.78 is 2.23. The number of nitrogens with two attached hydrogens (primary N) is 1. The fraction of sp³-hybridized carbons (Fsp3) is 0.520. The van der Waals surface area contributed by atoms with Gasteiger partial charge in [0.2, 0.25) is 0 Å². The third-order valence-corrected chi connectivity index (χ3v) is 5.82. The average molecular weight is 394 g/mol. The quantitative estimate of drug-likeness (QED) is 0.431. The zero-order valence-corrected chi connectivity index (χ0v) is 18.3. The molecule has 0 aliphatic heterocycles. The van der Waals surface area contributed by atoms with Crippen LogP contribution in [0.1, 0.15) is 92.0 Å². The minimum absolute atomic E-state index is 0.393. The Labute approximate surface area is 175 Å². The van der Waals surface area contributed by atoms with E-state index in [1.165, 1.54) is 51.4 Å². The molecule has 2 N–H and O–H groups in total. The number of aromatic nitrogens is 1. The molecule has 0 spiro atoms. The maximum absolute atomic E-state index is 12.2. The largest absolute Gasteiger partial charge is 0.366 e. The highest BCUT2D eigenvalue weighted by molar-refractivity contribution is 6.02. The molecule has 0 saturated heterocycles. The van der Waals surface area contributed by atoms with Gasteiger partial charge in [-0.2, -0.15) is 5.26 Å². The van der Waals surface area contributed by atoms with E-state index in [0.717, 1.165) is 35.5 Å². The predicted molar refractivity (Wildman–Crippen MR) is 120 cm³/mol. The van der Waals surface area contributed by atoms with Crippen LogP contribution < -0.4 is 5.73 Å².